The molecule has 2 saturated heterocycles. The highest BCUT2D eigenvalue weighted by Gasteiger charge is 2.38. The minimum Gasteiger partial charge on any atom is -0.342 e. The largest absolute Gasteiger partial charge is 0.342 e. The van der Waals surface area contributed by atoms with Crippen LogP contribution in [0.1, 0.15) is 36.5 Å². The Morgan fingerprint density at radius 2 is 1.88 bits per heavy atom. The van der Waals surface area contributed by atoms with Crippen LogP contribution in [0.2, 0.25) is 0 Å². The zero-order chi connectivity index (χ0) is 18.9. The third kappa shape index (κ3) is 3.72. The lowest BCUT2D eigenvalue weighted by molar-refractivity contribution is -0.136. The highest BCUT2D eigenvalue weighted by atomic mass is 19.1. The van der Waals surface area contributed by atoms with Gasteiger partial charge in [0.2, 0.25) is 5.91 Å². The molecule has 2 N–H and O–H groups in total. The molecule has 7 heteroatoms. The van der Waals surface area contributed by atoms with Gasteiger partial charge in [-0.15, -0.1) is 0 Å². The quantitative estimate of drug-likeness (QED) is 0.891. The molecule has 0 spiro atoms. The molecule has 1 atom stereocenters. The lowest BCUT2D eigenvalue weighted by Crippen LogP contribution is -2.44. The zero-order valence-corrected chi connectivity index (χ0v) is 15.0. The van der Waals surface area contributed by atoms with Gasteiger partial charge in [0.05, 0.1) is 5.56 Å². The van der Waals surface area contributed by atoms with Crippen molar-refractivity contribution in [3.05, 3.63) is 35.4 Å². The van der Waals surface area contributed by atoms with Crippen LogP contribution in [0, 0.1) is 23.0 Å². The van der Waals surface area contributed by atoms with E-state index in [1.165, 1.54) is 11.0 Å². The molecule has 5 nitrogen and oxygen atoms in total. The van der Waals surface area contributed by atoms with E-state index >= 15 is 0 Å². The molecule has 2 aliphatic heterocycles. The second kappa shape index (κ2) is 7.31. The summed E-state index contributed by atoms with van der Waals surface area (Å²) in [6.07, 6.45) is 2.03. The number of piperidine rings is 1. The van der Waals surface area contributed by atoms with E-state index in [4.69, 9.17) is 5.73 Å². The maximum Gasteiger partial charge on any atom is 0.256 e. The number of hydrogen-bond acceptors (Lipinski definition) is 3. The number of nitrogens with two attached hydrogens (primary N) is 1. The third-order valence-electron chi connectivity index (χ3n) is 5.66. The summed E-state index contributed by atoms with van der Waals surface area (Å²) in [7, 11) is 0. The van der Waals surface area contributed by atoms with Gasteiger partial charge < -0.3 is 15.5 Å². The van der Waals surface area contributed by atoms with Crippen LogP contribution in [-0.2, 0) is 4.79 Å². The fourth-order valence-corrected chi connectivity index (χ4v) is 3.80. The second-order valence-corrected chi connectivity index (χ2v) is 7.72. The van der Waals surface area contributed by atoms with Crippen molar-refractivity contribution in [3.63, 3.8) is 0 Å². The van der Waals surface area contributed by atoms with Gasteiger partial charge >= 0.3 is 0 Å². The van der Waals surface area contributed by atoms with Gasteiger partial charge in [-0.1, -0.05) is 6.92 Å². The van der Waals surface area contributed by atoms with Gasteiger partial charge in [0.15, 0.2) is 0 Å². The number of rotatable bonds is 3. The van der Waals surface area contributed by atoms with Gasteiger partial charge in [-0.2, -0.15) is 0 Å². The summed E-state index contributed by atoms with van der Waals surface area (Å²) >= 11 is 0. The number of hydrogen-bond donors (Lipinski definition) is 1. The number of carbonyl (C=O) groups is 2. The van der Waals surface area contributed by atoms with E-state index in [1.54, 1.807) is 0 Å². The van der Waals surface area contributed by atoms with Crippen LogP contribution in [0.3, 0.4) is 0 Å². The molecule has 26 heavy (non-hydrogen) atoms. The number of carbonyl (C=O) groups excluding carboxylic acids is 2. The van der Waals surface area contributed by atoms with Gasteiger partial charge in [-0.25, -0.2) is 8.78 Å². The Balaban J connectivity index is 1.57. The first-order valence-corrected chi connectivity index (χ1v) is 9.06. The number of nitrogens with zero attached hydrogens (tertiary/aromatic N) is 2. The molecule has 1 aromatic rings. The van der Waals surface area contributed by atoms with E-state index in [1.807, 2.05) is 4.90 Å². The maximum absolute atomic E-state index is 13.8. The molecule has 0 aromatic heterocycles. The van der Waals surface area contributed by atoms with Gasteiger partial charge in [0.1, 0.15) is 11.6 Å². The van der Waals surface area contributed by atoms with E-state index < -0.39 is 17.5 Å². The Bertz CT molecular complexity index is 704. The third-order valence-corrected chi connectivity index (χ3v) is 5.66. The number of likely N-dealkylation sites (tertiary alicyclic amines) is 2. The Kier molecular flexibility index (Phi) is 5.27. The first-order valence-electron chi connectivity index (χ1n) is 9.06. The highest BCUT2D eigenvalue weighted by Crippen LogP contribution is 2.31. The Morgan fingerprint density at radius 1 is 1.19 bits per heavy atom. The van der Waals surface area contributed by atoms with Crippen LogP contribution >= 0.6 is 0 Å². The Labute approximate surface area is 152 Å². The zero-order valence-electron chi connectivity index (χ0n) is 15.0. The summed E-state index contributed by atoms with van der Waals surface area (Å²) in [5.41, 5.74) is 5.66. The lowest BCUT2D eigenvalue weighted by Gasteiger charge is -2.33. The molecular formula is C19H25F2N3O2. The van der Waals surface area contributed by atoms with Gasteiger partial charge in [0.25, 0.3) is 5.91 Å². The second-order valence-electron chi connectivity index (χ2n) is 7.72. The standard InChI is InChI=1S/C19H25F2N3O2/c1-19(11-22)6-9-24(12-19)17(25)13-4-7-23(8-5-13)18(26)15-3-2-14(20)10-16(15)21/h2-3,10,13H,4-9,11-12,22H2,1H3. The van der Waals surface area contributed by atoms with Crippen LogP contribution < -0.4 is 5.73 Å². The summed E-state index contributed by atoms with van der Waals surface area (Å²) < 4.78 is 26.8. The van der Waals surface area contributed by atoms with Crippen molar-refractivity contribution in [2.24, 2.45) is 17.1 Å². The average Bonchev–Trinajstić information content (AvgIpc) is 3.04. The summed E-state index contributed by atoms with van der Waals surface area (Å²) in [6.45, 7) is 4.86. The summed E-state index contributed by atoms with van der Waals surface area (Å²) in [6, 6.07) is 2.96. The van der Waals surface area contributed by atoms with Crippen molar-refractivity contribution in [1.82, 2.24) is 9.80 Å². The van der Waals surface area contributed by atoms with Crippen molar-refractivity contribution in [1.29, 1.82) is 0 Å². The molecular weight excluding hydrogens is 340 g/mol. The van der Waals surface area contributed by atoms with E-state index in [0.29, 0.717) is 45.1 Å². The molecule has 3 rings (SSSR count). The van der Waals surface area contributed by atoms with Gasteiger partial charge in [-0.3, -0.25) is 9.59 Å². The number of amides is 2. The van der Waals surface area contributed by atoms with Crippen LogP contribution in [-0.4, -0.2) is 54.3 Å². The molecule has 2 amide bonds. The summed E-state index contributed by atoms with van der Waals surface area (Å²) in [5.74, 6) is -2.01. The topological polar surface area (TPSA) is 66.6 Å². The SMILES string of the molecule is CC1(CN)CCN(C(=O)C2CCN(C(=O)c3ccc(F)cc3F)CC2)C1. The number of halogens is 2. The van der Waals surface area contributed by atoms with Crippen molar-refractivity contribution >= 4 is 11.8 Å². The smallest absolute Gasteiger partial charge is 0.256 e. The predicted molar refractivity (Wildman–Crippen MR) is 93.3 cm³/mol. The molecule has 142 valence electrons. The van der Waals surface area contributed by atoms with Gasteiger partial charge in [0, 0.05) is 38.2 Å². The lowest BCUT2D eigenvalue weighted by atomic mass is 9.90. The van der Waals surface area contributed by atoms with Crippen LogP contribution in [0.25, 0.3) is 0 Å². The molecule has 0 aliphatic carbocycles. The monoisotopic (exact) mass is 365 g/mol. The van der Waals surface area contributed by atoms with Gasteiger partial charge in [-0.05, 0) is 43.4 Å². The summed E-state index contributed by atoms with van der Waals surface area (Å²) in [4.78, 5) is 28.6. The van der Waals surface area contributed by atoms with E-state index in [9.17, 15) is 18.4 Å². The fraction of sp³-hybridized carbons (Fsp3) is 0.579. The van der Waals surface area contributed by atoms with Crippen molar-refractivity contribution in [2.45, 2.75) is 26.2 Å². The highest BCUT2D eigenvalue weighted by molar-refractivity contribution is 5.94. The van der Waals surface area contributed by atoms with E-state index in [0.717, 1.165) is 19.0 Å². The molecule has 0 radical (unpaired) electrons. The number of benzene rings is 1. The van der Waals surface area contributed by atoms with Crippen LogP contribution in [0.5, 0.6) is 0 Å². The first-order chi connectivity index (χ1) is 12.3. The fourth-order valence-electron chi connectivity index (χ4n) is 3.80. The first kappa shape index (κ1) is 18.8. The molecule has 0 saturated carbocycles. The maximum atomic E-state index is 13.8. The molecule has 1 unspecified atom stereocenters. The van der Waals surface area contributed by atoms with Crippen molar-refractivity contribution < 1.29 is 18.4 Å². The normalized spacial score (nSPS) is 24.2. The molecule has 2 heterocycles. The molecule has 2 fully saturated rings. The van der Waals surface area contributed by atoms with Crippen molar-refractivity contribution in [3.8, 4) is 0 Å². The van der Waals surface area contributed by atoms with Crippen LogP contribution in [0.15, 0.2) is 18.2 Å². The molecule has 2 aliphatic rings. The van der Waals surface area contributed by atoms with Crippen molar-refractivity contribution in [2.75, 3.05) is 32.7 Å². The minimum atomic E-state index is -0.855. The average molecular weight is 365 g/mol. The predicted octanol–water partition coefficient (Wildman–Crippen LogP) is 2.01. The molecule has 0 bridgehead atoms. The van der Waals surface area contributed by atoms with E-state index in [2.05, 4.69) is 6.92 Å². The molecule has 1 aromatic carbocycles. The summed E-state index contributed by atoms with van der Waals surface area (Å²) in [5, 5.41) is 0. The Morgan fingerprint density at radius 3 is 2.46 bits per heavy atom. The Hall–Kier alpha value is -2.02. The van der Waals surface area contributed by atoms with Crippen LogP contribution in [0.4, 0.5) is 8.78 Å². The minimum absolute atomic E-state index is 0.00750. The van der Waals surface area contributed by atoms with E-state index in [-0.39, 0.29) is 22.8 Å².